The average Bonchev–Trinajstić information content (AvgIpc) is 3.16. The van der Waals surface area contributed by atoms with E-state index in [0.717, 1.165) is 10.6 Å². The number of hydrogen-bond acceptors (Lipinski definition) is 3. The Morgan fingerprint density at radius 1 is 0.952 bits per heavy atom. The van der Waals surface area contributed by atoms with E-state index in [9.17, 15) is 0 Å². The van der Waals surface area contributed by atoms with Gasteiger partial charge in [0.25, 0.3) is 0 Å². The monoisotopic (exact) mass is 294 g/mol. The van der Waals surface area contributed by atoms with Crippen LogP contribution in [0, 0.1) is 0 Å². The van der Waals surface area contributed by atoms with E-state index in [-0.39, 0.29) is 0 Å². The van der Waals surface area contributed by atoms with E-state index in [1.165, 1.54) is 41.5 Å². The number of rotatable bonds is 3. The topological polar surface area (TPSA) is 24.9 Å². The lowest BCUT2D eigenvalue weighted by Gasteiger charge is -2.09. The molecule has 2 aromatic carbocycles. The van der Waals surface area contributed by atoms with Crippen LogP contribution < -0.4 is 5.32 Å². The predicted molar refractivity (Wildman–Crippen MR) is 90.9 cm³/mol. The molecule has 1 aliphatic rings. The van der Waals surface area contributed by atoms with Gasteiger partial charge in [0.15, 0.2) is 5.13 Å². The zero-order valence-corrected chi connectivity index (χ0v) is 12.7. The first-order chi connectivity index (χ1) is 10.4. The smallest absolute Gasteiger partial charge is 0.184 e. The van der Waals surface area contributed by atoms with Gasteiger partial charge in [-0.1, -0.05) is 60.6 Å². The molecule has 4 rings (SSSR count). The van der Waals surface area contributed by atoms with E-state index in [1.54, 1.807) is 11.3 Å². The Morgan fingerprint density at radius 2 is 1.76 bits per heavy atom. The molecule has 0 bridgehead atoms. The predicted octanol–water partition coefficient (Wildman–Crippen LogP) is 5.32. The van der Waals surface area contributed by atoms with Crippen LogP contribution in [-0.4, -0.2) is 11.0 Å². The fourth-order valence-corrected chi connectivity index (χ4v) is 4.02. The number of anilines is 1. The van der Waals surface area contributed by atoms with Crippen LogP contribution in [0.15, 0.2) is 48.5 Å². The molecule has 3 heteroatoms. The number of hydrogen-bond donors (Lipinski definition) is 1. The van der Waals surface area contributed by atoms with Gasteiger partial charge in [-0.2, -0.15) is 0 Å². The maximum atomic E-state index is 4.72. The molecule has 0 atom stereocenters. The molecular formula is C18H18N2S. The van der Waals surface area contributed by atoms with Gasteiger partial charge < -0.3 is 5.32 Å². The lowest BCUT2D eigenvalue weighted by atomic mass is 10.1. The summed E-state index contributed by atoms with van der Waals surface area (Å²) in [5, 5.41) is 4.67. The van der Waals surface area contributed by atoms with Gasteiger partial charge in [0.1, 0.15) is 0 Å². The van der Waals surface area contributed by atoms with Crippen LogP contribution >= 0.6 is 11.3 Å². The van der Waals surface area contributed by atoms with Crippen LogP contribution in [0.5, 0.6) is 0 Å². The van der Waals surface area contributed by atoms with Gasteiger partial charge in [0.2, 0.25) is 0 Å². The van der Waals surface area contributed by atoms with Gasteiger partial charge >= 0.3 is 0 Å². The summed E-state index contributed by atoms with van der Waals surface area (Å²) in [5.74, 6) is 0. The van der Waals surface area contributed by atoms with Crippen LogP contribution in [0.3, 0.4) is 0 Å². The molecule has 1 aromatic heterocycles. The van der Waals surface area contributed by atoms with Gasteiger partial charge in [0.05, 0.1) is 10.2 Å². The van der Waals surface area contributed by atoms with Crippen molar-refractivity contribution in [1.29, 1.82) is 0 Å². The normalized spacial score (nSPS) is 15.6. The molecule has 1 fully saturated rings. The third-order valence-corrected chi connectivity index (χ3v) is 5.13. The molecule has 1 saturated carbocycles. The number of nitrogens with zero attached hydrogens (tertiary/aromatic N) is 1. The quantitative estimate of drug-likeness (QED) is 0.707. The van der Waals surface area contributed by atoms with Gasteiger partial charge in [-0.3, -0.25) is 0 Å². The Balaban J connectivity index is 1.65. The van der Waals surface area contributed by atoms with Crippen molar-refractivity contribution in [3.63, 3.8) is 0 Å². The van der Waals surface area contributed by atoms with Crippen molar-refractivity contribution in [2.75, 3.05) is 5.32 Å². The number of benzene rings is 2. The third-order valence-electron chi connectivity index (χ3n) is 4.18. The van der Waals surface area contributed by atoms with Crippen molar-refractivity contribution < 1.29 is 0 Å². The summed E-state index contributed by atoms with van der Waals surface area (Å²) in [7, 11) is 0. The summed E-state index contributed by atoms with van der Waals surface area (Å²) in [4.78, 5) is 4.72. The molecular weight excluding hydrogens is 276 g/mol. The van der Waals surface area contributed by atoms with Gasteiger partial charge in [-0.05, 0) is 36.1 Å². The maximum Gasteiger partial charge on any atom is 0.184 e. The molecule has 106 valence electrons. The molecule has 21 heavy (non-hydrogen) atoms. The van der Waals surface area contributed by atoms with E-state index in [0.29, 0.717) is 6.04 Å². The molecule has 0 saturated heterocycles. The van der Waals surface area contributed by atoms with Gasteiger partial charge in [0, 0.05) is 6.04 Å². The number of aromatic nitrogens is 1. The fourth-order valence-electron chi connectivity index (χ4n) is 3.04. The van der Waals surface area contributed by atoms with Crippen molar-refractivity contribution in [3.05, 3.63) is 48.5 Å². The molecule has 1 heterocycles. The first-order valence-electron chi connectivity index (χ1n) is 7.61. The Morgan fingerprint density at radius 3 is 2.57 bits per heavy atom. The molecule has 0 spiro atoms. The van der Waals surface area contributed by atoms with Crippen molar-refractivity contribution in [2.45, 2.75) is 31.7 Å². The second kappa shape index (κ2) is 5.49. The Labute approximate surface area is 128 Å². The number of thiazole rings is 1. The molecule has 1 aliphatic carbocycles. The second-order valence-electron chi connectivity index (χ2n) is 5.69. The summed E-state index contributed by atoms with van der Waals surface area (Å²) in [5.41, 5.74) is 3.62. The number of nitrogens with one attached hydrogen (secondary N) is 1. The number of fused-ring (bicyclic) bond motifs is 1. The largest absolute Gasteiger partial charge is 0.359 e. The lowest BCUT2D eigenvalue weighted by molar-refractivity contribution is 0.754. The van der Waals surface area contributed by atoms with Crippen LogP contribution in [0.2, 0.25) is 0 Å². The van der Waals surface area contributed by atoms with E-state index in [1.807, 2.05) is 0 Å². The van der Waals surface area contributed by atoms with Gasteiger partial charge in [-0.25, -0.2) is 4.98 Å². The summed E-state index contributed by atoms with van der Waals surface area (Å²) in [6, 6.07) is 17.7. The maximum absolute atomic E-state index is 4.72. The first kappa shape index (κ1) is 12.8. The Bertz CT molecular complexity index is 742. The highest BCUT2D eigenvalue weighted by atomic mass is 32.1. The summed E-state index contributed by atoms with van der Waals surface area (Å²) in [6.07, 6.45) is 5.26. The Hall–Kier alpha value is -1.87. The molecule has 0 radical (unpaired) electrons. The summed E-state index contributed by atoms with van der Waals surface area (Å²) >= 11 is 1.77. The molecule has 0 unspecified atom stereocenters. The minimum Gasteiger partial charge on any atom is -0.359 e. The summed E-state index contributed by atoms with van der Waals surface area (Å²) < 4.78 is 1.26. The zero-order valence-electron chi connectivity index (χ0n) is 11.9. The molecule has 3 aromatic rings. The minimum absolute atomic E-state index is 0.624. The van der Waals surface area contributed by atoms with Crippen LogP contribution in [0.4, 0.5) is 5.13 Å². The third kappa shape index (κ3) is 2.66. The highest BCUT2D eigenvalue weighted by Gasteiger charge is 2.16. The minimum atomic E-state index is 0.624. The second-order valence-corrected chi connectivity index (χ2v) is 6.72. The van der Waals surface area contributed by atoms with E-state index in [2.05, 4.69) is 53.8 Å². The standard InChI is InChI=1S/C18H18N2S/c1-2-6-13(7-3-1)14-10-11-16-17(12-14)21-18(20-16)19-15-8-4-5-9-15/h1-3,6-7,10-12,15H,4-5,8-9H2,(H,19,20). The highest BCUT2D eigenvalue weighted by molar-refractivity contribution is 7.22. The molecule has 0 amide bonds. The summed E-state index contributed by atoms with van der Waals surface area (Å²) in [6.45, 7) is 0. The SMILES string of the molecule is c1ccc(-c2ccc3nc(NC4CCCC4)sc3c2)cc1. The first-order valence-corrected chi connectivity index (χ1v) is 8.43. The lowest BCUT2D eigenvalue weighted by Crippen LogP contribution is -2.13. The van der Waals surface area contributed by atoms with Crippen molar-refractivity contribution in [2.24, 2.45) is 0 Å². The molecule has 1 N–H and O–H groups in total. The Kier molecular flexibility index (Phi) is 3.36. The van der Waals surface area contributed by atoms with Crippen molar-refractivity contribution >= 4 is 26.7 Å². The molecule has 2 nitrogen and oxygen atoms in total. The zero-order chi connectivity index (χ0) is 14.1. The fraction of sp³-hybridized carbons (Fsp3) is 0.278. The average molecular weight is 294 g/mol. The van der Waals surface area contributed by atoms with Gasteiger partial charge in [-0.15, -0.1) is 0 Å². The van der Waals surface area contributed by atoms with Crippen LogP contribution in [0.1, 0.15) is 25.7 Å². The highest BCUT2D eigenvalue weighted by Crippen LogP contribution is 2.32. The van der Waals surface area contributed by atoms with E-state index in [4.69, 9.17) is 4.98 Å². The van der Waals surface area contributed by atoms with E-state index < -0.39 is 0 Å². The van der Waals surface area contributed by atoms with Crippen molar-refractivity contribution in [1.82, 2.24) is 4.98 Å². The van der Waals surface area contributed by atoms with Crippen molar-refractivity contribution in [3.8, 4) is 11.1 Å². The van der Waals surface area contributed by atoms with Crippen LogP contribution in [-0.2, 0) is 0 Å². The molecule has 0 aliphatic heterocycles. The van der Waals surface area contributed by atoms with E-state index >= 15 is 0 Å². The van der Waals surface area contributed by atoms with Crippen LogP contribution in [0.25, 0.3) is 21.3 Å².